The molecule has 1 rings (SSSR count). The van der Waals surface area contributed by atoms with Crippen LogP contribution >= 0.6 is 11.5 Å². The van der Waals surface area contributed by atoms with E-state index in [-0.39, 0.29) is 0 Å². The zero-order chi connectivity index (χ0) is 12.0. The first-order chi connectivity index (χ1) is 7.69. The summed E-state index contributed by atoms with van der Waals surface area (Å²) in [6.45, 7) is 11.3. The molecule has 1 atom stereocenters. The molecule has 1 heterocycles. The summed E-state index contributed by atoms with van der Waals surface area (Å²) in [6, 6.07) is 0.386. The molecule has 0 aliphatic rings. The molecule has 1 aromatic heterocycles. The van der Waals surface area contributed by atoms with Crippen molar-refractivity contribution in [1.29, 1.82) is 0 Å². The molecular weight excluding hydrogens is 218 g/mol. The zero-order valence-electron chi connectivity index (χ0n) is 10.4. The van der Waals surface area contributed by atoms with Gasteiger partial charge in [-0.2, -0.15) is 0 Å². The predicted octanol–water partition coefficient (Wildman–Crippen LogP) is 3.11. The predicted molar refractivity (Wildman–Crippen MR) is 69.8 cm³/mol. The fourth-order valence-electron chi connectivity index (χ4n) is 1.69. The molecule has 0 saturated carbocycles. The summed E-state index contributed by atoms with van der Waals surface area (Å²) < 4.78 is 4.05. The Hall–Kier alpha value is -0.740. The number of allylic oxidation sites excluding steroid dienone is 1. The van der Waals surface area contributed by atoms with Crippen LogP contribution in [0, 0.1) is 0 Å². The molecule has 0 spiro atoms. The van der Waals surface area contributed by atoms with Crippen molar-refractivity contribution in [1.82, 2.24) is 14.9 Å². The zero-order valence-corrected chi connectivity index (χ0v) is 11.2. The Morgan fingerprint density at radius 3 is 2.81 bits per heavy atom. The minimum atomic E-state index is 0.386. The van der Waals surface area contributed by atoms with Crippen LogP contribution < -0.4 is 5.32 Å². The number of nitrogens with one attached hydrogen (secondary N) is 1. The Morgan fingerprint density at radius 1 is 1.50 bits per heavy atom. The Morgan fingerprint density at radius 2 is 2.25 bits per heavy atom. The van der Waals surface area contributed by atoms with Crippen LogP contribution in [0.15, 0.2) is 12.2 Å². The van der Waals surface area contributed by atoms with Crippen molar-refractivity contribution >= 4 is 11.5 Å². The Bertz CT molecular complexity index is 333. The second kappa shape index (κ2) is 6.76. The van der Waals surface area contributed by atoms with Crippen LogP contribution in [0.1, 0.15) is 50.2 Å². The summed E-state index contributed by atoms with van der Waals surface area (Å²) in [7, 11) is 0. The second-order valence-corrected chi connectivity index (χ2v) is 4.83. The van der Waals surface area contributed by atoms with E-state index >= 15 is 0 Å². The summed E-state index contributed by atoms with van der Waals surface area (Å²) >= 11 is 1.52. The molecule has 4 heteroatoms. The van der Waals surface area contributed by atoms with Gasteiger partial charge in [-0.05, 0) is 44.3 Å². The Kier molecular flexibility index (Phi) is 5.63. The van der Waals surface area contributed by atoms with Crippen LogP contribution in [-0.4, -0.2) is 16.1 Å². The molecule has 0 aromatic carbocycles. The van der Waals surface area contributed by atoms with Crippen LogP contribution in [0.3, 0.4) is 0 Å². The van der Waals surface area contributed by atoms with Gasteiger partial charge in [-0.3, -0.25) is 0 Å². The normalized spacial score (nSPS) is 12.7. The minimum Gasteiger partial charge on any atom is -0.309 e. The number of hydrogen-bond acceptors (Lipinski definition) is 4. The van der Waals surface area contributed by atoms with Crippen LogP contribution in [0.25, 0.3) is 0 Å². The summed E-state index contributed by atoms with van der Waals surface area (Å²) in [5.74, 6) is 0. The smallest absolute Gasteiger partial charge is 0.0800 e. The lowest BCUT2D eigenvalue weighted by Crippen LogP contribution is -2.21. The monoisotopic (exact) mass is 239 g/mol. The first kappa shape index (κ1) is 13.3. The van der Waals surface area contributed by atoms with E-state index in [1.165, 1.54) is 22.0 Å². The lowest BCUT2D eigenvalue weighted by Gasteiger charge is -2.16. The van der Waals surface area contributed by atoms with Crippen molar-refractivity contribution in [2.24, 2.45) is 0 Å². The molecule has 0 saturated heterocycles. The molecule has 0 aliphatic heterocycles. The van der Waals surface area contributed by atoms with Crippen molar-refractivity contribution in [2.45, 2.75) is 46.1 Å². The summed E-state index contributed by atoms with van der Waals surface area (Å²) in [4.78, 5) is 1.30. The lowest BCUT2D eigenvalue weighted by molar-refractivity contribution is 0.518. The number of hydrogen-bond donors (Lipinski definition) is 1. The summed E-state index contributed by atoms with van der Waals surface area (Å²) in [6.07, 6.45) is 3.10. The number of nitrogens with zero attached hydrogens (tertiary/aromatic N) is 2. The molecule has 3 nitrogen and oxygen atoms in total. The minimum absolute atomic E-state index is 0.386. The van der Waals surface area contributed by atoms with Gasteiger partial charge in [0.05, 0.1) is 10.6 Å². The number of aryl methyl sites for hydroxylation is 1. The van der Waals surface area contributed by atoms with Gasteiger partial charge in [0, 0.05) is 6.04 Å². The Labute approximate surface area is 102 Å². The highest BCUT2D eigenvalue weighted by atomic mass is 32.1. The highest BCUT2D eigenvalue weighted by Crippen LogP contribution is 2.25. The molecule has 0 amide bonds. The van der Waals surface area contributed by atoms with Gasteiger partial charge in [-0.15, -0.1) is 11.7 Å². The maximum absolute atomic E-state index is 4.17. The topological polar surface area (TPSA) is 37.8 Å². The quantitative estimate of drug-likeness (QED) is 0.743. The first-order valence-electron chi connectivity index (χ1n) is 5.87. The van der Waals surface area contributed by atoms with Crippen LogP contribution in [0.2, 0.25) is 0 Å². The van der Waals surface area contributed by atoms with E-state index in [0.29, 0.717) is 6.04 Å². The van der Waals surface area contributed by atoms with Gasteiger partial charge >= 0.3 is 0 Å². The van der Waals surface area contributed by atoms with E-state index in [4.69, 9.17) is 0 Å². The highest BCUT2D eigenvalue weighted by molar-refractivity contribution is 7.05. The van der Waals surface area contributed by atoms with Crippen molar-refractivity contribution in [3.63, 3.8) is 0 Å². The van der Waals surface area contributed by atoms with Gasteiger partial charge in [0.25, 0.3) is 0 Å². The molecular formula is C12H21N3S. The second-order valence-electron chi connectivity index (χ2n) is 4.04. The van der Waals surface area contributed by atoms with Gasteiger partial charge in [-0.1, -0.05) is 23.9 Å². The average molecular weight is 239 g/mol. The van der Waals surface area contributed by atoms with Crippen molar-refractivity contribution in [3.05, 3.63) is 22.7 Å². The molecule has 16 heavy (non-hydrogen) atoms. The van der Waals surface area contributed by atoms with Crippen LogP contribution in [0.5, 0.6) is 0 Å². The summed E-state index contributed by atoms with van der Waals surface area (Å²) in [5, 5.41) is 7.68. The fourth-order valence-corrected chi connectivity index (χ4v) is 2.53. The van der Waals surface area contributed by atoms with Gasteiger partial charge in [0.1, 0.15) is 0 Å². The largest absolute Gasteiger partial charge is 0.309 e. The molecule has 1 unspecified atom stereocenters. The Balaban J connectivity index is 2.72. The molecule has 0 bridgehead atoms. The van der Waals surface area contributed by atoms with Gasteiger partial charge in [0.2, 0.25) is 0 Å². The van der Waals surface area contributed by atoms with E-state index in [1.54, 1.807) is 0 Å². The van der Waals surface area contributed by atoms with E-state index in [2.05, 4.69) is 42.3 Å². The van der Waals surface area contributed by atoms with Crippen molar-refractivity contribution in [3.8, 4) is 0 Å². The van der Waals surface area contributed by atoms with Crippen molar-refractivity contribution in [2.75, 3.05) is 6.54 Å². The van der Waals surface area contributed by atoms with Gasteiger partial charge < -0.3 is 5.32 Å². The van der Waals surface area contributed by atoms with E-state index in [0.717, 1.165) is 31.5 Å². The number of rotatable bonds is 7. The molecule has 0 fully saturated rings. The van der Waals surface area contributed by atoms with Crippen LogP contribution in [-0.2, 0) is 6.42 Å². The molecule has 90 valence electrons. The van der Waals surface area contributed by atoms with Gasteiger partial charge in [-0.25, -0.2) is 0 Å². The maximum atomic E-state index is 4.17. The van der Waals surface area contributed by atoms with Gasteiger partial charge in [0.15, 0.2) is 0 Å². The van der Waals surface area contributed by atoms with Crippen molar-refractivity contribution < 1.29 is 0 Å². The fraction of sp³-hybridized carbons (Fsp3) is 0.667. The molecule has 1 N–H and O–H groups in total. The lowest BCUT2D eigenvalue weighted by atomic mass is 10.0. The van der Waals surface area contributed by atoms with E-state index in [1.807, 2.05) is 0 Å². The number of aromatic nitrogens is 2. The third-order valence-electron chi connectivity index (χ3n) is 2.55. The van der Waals surface area contributed by atoms with E-state index < -0.39 is 0 Å². The average Bonchev–Trinajstić information content (AvgIpc) is 2.71. The maximum Gasteiger partial charge on any atom is 0.0800 e. The molecule has 1 aromatic rings. The third kappa shape index (κ3) is 3.68. The molecule has 0 radical (unpaired) electrons. The third-order valence-corrected chi connectivity index (χ3v) is 3.43. The highest BCUT2D eigenvalue weighted by Gasteiger charge is 2.17. The summed E-state index contributed by atoms with van der Waals surface area (Å²) in [5.41, 5.74) is 2.37. The SMILES string of the molecule is C=C(C)CCC(NCC)c1snnc1CC. The molecule has 0 aliphatic carbocycles. The van der Waals surface area contributed by atoms with E-state index in [9.17, 15) is 0 Å². The first-order valence-corrected chi connectivity index (χ1v) is 6.65. The standard InChI is InChI=1S/C12H21N3S/c1-5-10-12(16-15-14-10)11(13-6-2)8-7-9(3)4/h11,13H,3,5-8H2,1-2,4H3. The van der Waals surface area contributed by atoms with Crippen LogP contribution in [0.4, 0.5) is 0 Å².